The maximum Gasteiger partial charge on any atom is 0.194 e. The molecule has 5 nitrogen and oxygen atoms in total. The first kappa shape index (κ1) is 18.0. The third-order valence-electron chi connectivity index (χ3n) is 4.02. The van der Waals surface area contributed by atoms with E-state index >= 15 is 0 Å². The number of rotatable bonds is 3. The van der Waals surface area contributed by atoms with Crippen molar-refractivity contribution in [2.24, 2.45) is 4.99 Å². The topological polar surface area (TPSA) is 46.1 Å². The predicted octanol–water partition coefficient (Wildman–Crippen LogP) is 2.32. The summed E-state index contributed by atoms with van der Waals surface area (Å²) in [7, 11) is 1.84. The molecule has 2 aliphatic heterocycles. The van der Waals surface area contributed by atoms with Crippen LogP contribution in [0.4, 0.5) is 0 Å². The van der Waals surface area contributed by atoms with E-state index in [1.54, 1.807) is 11.3 Å². The Bertz CT molecular complexity index is 463. The van der Waals surface area contributed by atoms with E-state index < -0.39 is 0 Å². The Morgan fingerprint density at radius 1 is 1.41 bits per heavy atom. The Morgan fingerprint density at radius 2 is 2.27 bits per heavy atom. The molecule has 0 saturated carbocycles. The van der Waals surface area contributed by atoms with Crippen LogP contribution in [0.15, 0.2) is 21.8 Å². The molecule has 1 aromatic rings. The first-order valence-corrected chi connectivity index (χ1v) is 8.51. The maximum absolute atomic E-state index is 5.89. The molecule has 1 N–H and O–H groups in total. The summed E-state index contributed by atoms with van der Waals surface area (Å²) in [5.41, 5.74) is 1.30. The third kappa shape index (κ3) is 4.56. The first-order valence-electron chi connectivity index (χ1n) is 7.56. The molecule has 2 saturated heterocycles. The van der Waals surface area contributed by atoms with E-state index in [-0.39, 0.29) is 36.2 Å². The van der Waals surface area contributed by atoms with Crippen molar-refractivity contribution < 1.29 is 9.47 Å². The van der Waals surface area contributed by atoms with Gasteiger partial charge in [0.25, 0.3) is 0 Å². The van der Waals surface area contributed by atoms with Crippen LogP contribution in [0.5, 0.6) is 0 Å². The highest BCUT2D eigenvalue weighted by atomic mass is 127. The Morgan fingerprint density at radius 3 is 2.95 bits per heavy atom. The van der Waals surface area contributed by atoms with Gasteiger partial charge in [-0.3, -0.25) is 4.99 Å². The highest BCUT2D eigenvalue weighted by Crippen LogP contribution is 2.21. The summed E-state index contributed by atoms with van der Waals surface area (Å²) in [4.78, 5) is 6.69. The number of morpholine rings is 1. The number of hydrogen-bond acceptors (Lipinski definition) is 4. The van der Waals surface area contributed by atoms with Crippen LogP contribution < -0.4 is 5.32 Å². The molecule has 2 atom stereocenters. The van der Waals surface area contributed by atoms with Gasteiger partial charge in [0, 0.05) is 33.3 Å². The number of halogens is 1. The molecule has 2 fully saturated rings. The van der Waals surface area contributed by atoms with E-state index in [1.807, 2.05) is 7.05 Å². The molecule has 0 spiro atoms. The second-order valence-electron chi connectivity index (χ2n) is 5.44. The first-order chi connectivity index (χ1) is 10.4. The van der Waals surface area contributed by atoms with Crippen LogP contribution in [-0.2, 0) is 16.0 Å². The fraction of sp³-hybridized carbons (Fsp3) is 0.667. The second kappa shape index (κ2) is 9.05. The molecule has 3 rings (SSSR count). The minimum absolute atomic E-state index is 0. The number of ether oxygens (including phenoxy) is 2. The van der Waals surface area contributed by atoms with E-state index in [9.17, 15) is 0 Å². The molecule has 0 aliphatic carbocycles. The minimum Gasteiger partial charge on any atom is -0.375 e. The second-order valence-corrected chi connectivity index (χ2v) is 6.22. The summed E-state index contributed by atoms with van der Waals surface area (Å²) in [5, 5.41) is 7.70. The normalized spacial score (nSPS) is 25.9. The van der Waals surface area contributed by atoms with Gasteiger partial charge in [-0.15, -0.1) is 24.0 Å². The average Bonchev–Trinajstić information content (AvgIpc) is 3.22. The molecule has 0 aromatic carbocycles. The lowest BCUT2D eigenvalue weighted by Gasteiger charge is -2.37. The molecular weight excluding hydrogens is 413 g/mol. The largest absolute Gasteiger partial charge is 0.375 e. The van der Waals surface area contributed by atoms with Crippen molar-refractivity contribution in [2.75, 3.05) is 33.4 Å². The molecule has 2 unspecified atom stereocenters. The lowest BCUT2D eigenvalue weighted by Crippen LogP contribution is -2.53. The van der Waals surface area contributed by atoms with Crippen molar-refractivity contribution in [1.82, 2.24) is 10.2 Å². The van der Waals surface area contributed by atoms with Crippen molar-refractivity contribution in [1.29, 1.82) is 0 Å². The van der Waals surface area contributed by atoms with Gasteiger partial charge >= 0.3 is 0 Å². The fourth-order valence-corrected chi connectivity index (χ4v) is 3.56. The number of aliphatic imine (C=N–C) groups is 1. The van der Waals surface area contributed by atoms with Gasteiger partial charge in [0.15, 0.2) is 5.96 Å². The van der Waals surface area contributed by atoms with Crippen LogP contribution >= 0.6 is 35.3 Å². The van der Waals surface area contributed by atoms with Gasteiger partial charge in [-0.2, -0.15) is 11.3 Å². The lowest BCUT2D eigenvalue weighted by molar-refractivity contribution is -0.0817. The van der Waals surface area contributed by atoms with Gasteiger partial charge in [-0.25, -0.2) is 0 Å². The van der Waals surface area contributed by atoms with Crippen LogP contribution in [0.3, 0.4) is 0 Å². The van der Waals surface area contributed by atoms with Crippen LogP contribution in [0.25, 0.3) is 0 Å². The SMILES string of the molecule is CN=C(NCc1ccsc1)N1CCOC(C2CCCO2)C1.I. The smallest absolute Gasteiger partial charge is 0.194 e. The zero-order valence-corrected chi connectivity index (χ0v) is 16.0. The summed E-state index contributed by atoms with van der Waals surface area (Å²) in [6.07, 6.45) is 2.68. The van der Waals surface area contributed by atoms with Crippen LogP contribution in [-0.4, -0.2) is 56.4 Å². The molecule has 7 heteroatoms. The zero-order chi connectivity index (χ0) is 14.5. The van der Waals surface area contributed by atoms with E-state index in [1.165, 1.54) is 5.56 Å². The zero-order valence-electron chi connectivity index (χ0n) is 12.9. The van der Waals surface area contributed by atoms with Crippen molar-refractivity contribution in [3.8, 4) is 0 Å². The standard InChI is InChI=1S/C15H23N3O2S.HI/c1-16-15(17-9-12-4-8-21-11-12)18-5-7-20-14(10-18)13-3-2-6-19-13;/h4,8,11,13-14H,2-3,5-7,9-10H2,1H3,(H,16,17);1H. The summed E-state index contributed by atoms with van der Waals surface area (Å²) >= 11 is 1.72. The maximum atomic E-state index is 5.89. The molecule has 0 bridgehead atoms. The van der Waals surface area contributed by atoms with Gasteiger partial charge < -0.3 is 19.7 Å². The number of hydrogen-bond donors (Lipinski definition) is 1. The highest BCUT2D eigenvalue weighted by molar-refractivity contribution is 14.0. The van der Waals surface area contributed by atoms with Gasteiger partial charge in [0.05, 0.1) is 12.7 Å². The van der Waals surface area contributed by atoms with E-state index in [0.717, 1.165) is 51.6 Å². The van der Waals surface area contributed by atoms with E-state index in [4.69, 9.17) is 9.47 Å². The van der Waals surface area contributed by atoms with Crippen molar-refractivity contribution in [2.45, 2.75) is 31.6 Å². The molecule has 0 radical (unpaired) electrons. The highest BCUT2D eigenvalue weighted by Gasteiger charge is 2.32. The summed E-state index contributed by atoms with van der Waals surface area (Å²) in [5.74, 6) is 0.951. The molecule has 124 valence electrons. The molecule has 0 amide bonds. The van der Waals surface area contributed by atoms with Gasteiger partial charge in [-0.1, -0.05) is 0 Å². The van der Waals surface area contributed by atoms with Crippen LogP contribution in [0, 0.1) is 0 Å². The van der Waals surface area contributed by atoms with E-state index in [2.05, 4.69) is 32.0 Å². The lowest BCUT2D eigenvalue weighted by atomic mass is 10.1. The third-order valence-corrected chi connectivity index (χ3v) is 4.75. The summed E-state index contributed by atoms with van der Waals surface area (Å²) in [6, 6.07) is 2.14. The molecule has 3 heterocycles. The molecule has 2 aliphatic rings. The molecular formula is C15H24IN3O2S. The van der Waals surface area contributed by atoms with Crippen molar-refractivity contribution in [3.63, 3.8) is 0 Å². The Hall–Kier alpha value is -0.380. The van der Waals surface area contributed by atoms with Crippen molar-refractivity contribution >= 4 is 41.3 Å². The van der Waals surface area contributed by atoms with Crippen LogP contribution in [0.1, 0.15) is 18.4 Å². The van der Waals surface area contributed by atoms with E-state index in [0.29, 0.717) is 0 Å². The Kier molecular flexibility index (Phi) is 7.39. The quantitative estimate of drug-likeness (QED) is 0.448. The minimum atomic E-state index is 0. The van der Waals surface area contributed by atoms with Crippen LogP contribution in [0.2, 0.25) is 0 Å². The van der Waals surface area contributed by atoms with Crippen molar-refractivity contribution in [3.05, 3.63) is 22.4 Å². The number of nitrogens with zero attached hydrogens (tertiary/aromatic N) is 2. The van der Waals surface area contributed by atoms with Gasteiger partial charge in [-0.05, 0) is 35.2 Å². The molecule has 22 heavy (non-hydrogen) atoms. The average molecular weight is 437 g/mol. The fourth-order valence-electron chi connectivity index (χ4n) is 2.90. The van der Waals surface area contributed by atoms with Gasteiger partial charge in [0.2, 0.25) is 0 Å². The predicted molar refractivity (Wildman–Crippen MR) is 100 cm³/mol. The number of thiophene rings is 1. The number of nitrogens with one attached hydrogen (secondary N) is 1. The Balaban J connectivity index is 0.00000176. The van der Waals surface area contributed by atoms with Gasteiger partial charge in [0.1, 0.15) is 6.10 Å². The molecule has 1 aromatic heterocycles. The Labute approximate surface area is 153 Å². The monoisotopic (exact) mass is 437 g/mol. The summed E-state index contributed by atoms with van der Waals surface area (Å²) in [6.45, 7) is 4.16. The number of guanidine groups is 1. The summed E-state index contributed by atoms with van der Waals surface area (Å²) < 4.78 is 11.7.